The highest BCUT2D eigenvalue weighted by Gasteiger charge is 2.21. The lowest BCUT2D eigenvalue weighted by Crippen LogP contribution is -2.30. The molecule has 0 bridgehead atoms. The maximum atomic E-state index is 12.8. The van der Waals surface area contributed by atoms with Gasteiger partial charge in [-0.05, 0) is 50.0 Å². The van der Waals surface area contributed by atoms with Crippen LogP contribution in [0.5, 0.6) is 0 Å². The van der Waals surface area contributed by atoms with E-state index in [1.54, 1.807) is 18.2 Å². The van der Waals surface area contributed by atoms with Crippen molar-refractivity contribution in [3.63, 3.8) is 0 Å². The first-order valence-corrected chi connectivity index (χ1v) is 10.7. The van der Waals surface area contributed by atoms with Gasteiger partial charge in [0.1, 0.15) is 12.7 Å². The fourth-order valence-electron chi connectivity index (χ4n) is 3.25. The number of aromatic nitrogens is 5. The number of aryl methyl sites for hydroxylation is 1. The van der Waals surface area contributed by atoms with Crippen LogP contribution in [0.3, 0.4) is 0 Å². The van der Waals surface area contributed by atoms with Gasteiger partial charge in [-0.15, -0.1) is 0 Å². The van der Waals surface area contributed by atoms with Crippen LogP contribution in [-0.2, 0) is 10.0 Å². The van der Waals surface area contributed by atoms with Gasteiger partial charge in [-0.3, -0.25) is 0 Å². The SMILES string of the molecule is Cc1ccc(S(=O)(=O)NC[C@H]2CCNC2)cc1-c1cnc(N)c(-n2cncn2)n1.S. The van der Waals surface area contributed by atoms with Crippen molar-refractivity contribution in [3.8, 4) is 17.1 Å². The van der Waals surface area contributed by atoms with Crippen molar-refractivity contribution in [3.05, 3.63) is 42.6 Å². The topological polar surface area (TPSA) is 141 Å². The molecule has 0 saturated carbocycles. The number of rotatable bonds is 6. The molecule has 4 N–H and O–H groups in total. The van der Waals surface area contributed by atoms with E-state index in [-0.39, 0.29) is 24.2 Å². The number of nitrogens with zero attached hydrogens (tertiary/aromatic N) is 5. The molecule has 3 heterocycles. The Morgan fingerprint density at radius 3 is 2.90 bits per heavy atom. The Bertz CT molecular complexity index is 1110. The molecule has 12 heteroatoms. The number of benzene rings is 1. The quantitative estimate of drug-likeness (QED) is 0.498. The van der Waals surface area contributed by atoms with Gasteiger partial charge in [-0.25, -0.2) is 28.1 Å². The zero-order valence-electron chi connectivity index (χ0n) is 16.4. The Hall–Kier alpha value is -2.54. The maximum absolute atomic E-state index is 12.8. The zero-order valence-corrected chi connectivity index (χ0v) is 18.2. The van der Waals surface area contributed by atoms with Crippen LogP contribution < -0.4 is 15.8 Å². The molecule has 1 atom stereocenters. The molecule has 160 valence electrons. The predicted molar refractivity (Wildman–Crippen MR) is 118 cm³/mol. The average Bonchev–Trinajstić information content (AvgIpc) is 3.41. The average molecular weight is 449 g/mol. The van der Waals surface area contributed by atoms with Crippen molar-refractivity contribution < 1.29 is 8.42 Å². The molecule has 2 aromatic heterocycles. The minimum atomic E-state index is -3.63. The fraction of sp³-hybridized carbons (Fsp3) is 0.333. The number of nitrogen functional groups attached to an aromatic ring is 1. The third-order valence-electron chi connectivity index (χ3n) is 4.94. The monoisotopic (exact) mass is 448 g/mol. The molecule has 1 saturated heterocycles. The van der Waals surface area contributed by atoms with Crippen molar-refractivity contribution in [1.82, 2.24) is 34.8 Å². The van der Waals surface area contributed by atoms with Crippen molar-refractivity contribution in [1.29, 1.82) is 0 Å². The molecular formula is C18H24N8O2S2. The normalized spacial score (nSPS) is 16.4. The van der Waals surface area contributed by atoms with E-state index < -0.39 is 10.0 Å². The van der Waals surface area contributed by atoms with Crippen LogP contribution in [-0.4, -0.2) is 52.8 Å². The third kappa shape index (κ3) is 4.61. The molecule has 0 radical (unpaired) electrons. The van der Waals surface area contributed by atoms with Crippen LogP contribution in [0.1, 0.15) is 12.0 Å². The molecule has 1 aliphatic rings. The number of nitrogens with one attached hydrogen (secondary N) is 2. The fourth-order valence-corrected chi connectivity index (χ4v) is 4.39. The van der Waals surface area contributed by atoms with E-state index in [9.17, 15) is 8.42 Å². The highest BCUT2D eigenvalue weighted by molar-refractivity contribution is 7.89. The molecule has 4 rings (SSSR count). The van der Waals surface area contributed by atoms with Gasteiger partial charge in [0, 0.05) is 12.1 Å². The standard InChI is InChI=1S/C18H22N8O2S.H2S/c1-12-2-3-14(29(27,28)24-8-13-4-5-20-7-13)6-15(12)16-9-22-17(19)18(25-16)26-11-21-10-23-26;/h2-3,6,9-11,13,20,24H,4-5,7-8H2,1H3,(H2,19,22);1H2/t13-;/m0./s1. The van der Waals surface area contributed by atoms with Gasteiger partial charge in [-0.2, -0.15) is 23.3 Å². The number of sulfonamides is 1. The van der Waals surface area contributed by atoms with Gasteiger partial charge < -0.3 is 11.1 Å². The van der Waals surface area contributed by atoms with Crippen molar-refractivity contribution >= 4 is 29.3 Å². The first-order valence-electron chi connectivity index (χ1n) is 9.23. The summed E-state index contributed by atoms with van der Waals surface area (Å²) < 4.78 is 29.7. The highest BCUT2D eigenvalue weighted by atomic mass is 32.2. The molecule has 0 aliphatic carbocycles. The molecule has 10 nitrogen and oxygen atoms in total. The summed E-state index contributed by atoms with van der Waals surface area (Å²) in [6, 6.07) is 4.96. The van der Waals surface area contributed by atoms with Crippen LogP contribution >= 0.6 is 13.5 Å². The Kier molecular flexibility index (Phi) is 6.71. The summed E-state index contributed by atoms with van der Waals surface area (Å²) in [5.41, 5.74) is 7.95. The van der Waals surface area contributed by atoms with E-state index in [0.717, 1.165) is 25.1 Å². The van der Waals surface area contributed by atoms with Crippen molar-refractivity contribution in [2.45, 2.75) is 18.2 Å². The molecular weight excluding hydrogens is 424 g/mol. The maximum Gasteiger partial charge on any atom is 0.240 e. The minimum absolute atomic E-state index is 0. The summed E-state index contributed by atoms with van der Waals surface area (Å²) in [5.74, 6) is 0.843. The van der Waals surface area contributed by atoms with Gasteiger partial charge in [0.2, 0.25) is 10.0 Å². The second-order valence-electron chi connectivity index (χ2n) is 6.99. The molecule has 30 heavy (non-hydrogen) atoms. The summed E-state index contributed by atoms with van der Waals surface area (Å²) in [6.07, 6.45) is 5.33. The van der Waals surface area contributed by atoms with Gasteiger partial charge in [-0.1, -0.05) is 6.07 Å². The summed E-state index contributed by atoms with van der Waals surface area (Å²) in [4.78, 5) is 12.8. The lowest BCUT2D eigenvalue weighted by molar-refractivity contribution is 0.539. The zero-order chi connectivity index (χ0) is 20.4. The lowest BCUT2D eigenvalue weighted by Gasteiger charge is -2.13. The second-order valence-corrected chi connectivity index (χ2v) is 8.76. The molecule has 0 unspecified atom stereocenters. The summed E-state index contributed by atoms with van der Waals surface area (Å²) in [7, 11) is -3.63. The molecule has 1 fully saturated rings. The Morgan fingerprint density at radius 1 is 1.37 bits per heavy atom. The van der Waals surface area contributed by atoms with Gasteiger partial charge >= 0.3 is 0 Å². The van der Waals surface area contributed by atoms with E-state index in [0.29, 0.717) is 29.5 Å². The van der Waals surface area contributed by atoms with Crippen LogP contribution in [0.15, 0.2) is 41.9 Å². The lowest BCUT2D eigenvalue weighted by atomic mass is 10.1. The van der Waals surface area contributed by atoms with E-state index >= 15 is 0 Å². The molecule has 1 aliphatic heterocycles. The Balaban J connectivity index is 0.00000256. The van der Waals surface area contributed by atoms with Crippen LogP contribution in [0.4, 0.5) is 5.82 Å². The van der Waals surface area contributed by atoms with Gasteiger partial charge in [0.05, 0.1) is 16.8 Å². The molecule has 3 aromatic rings. The summed E-state index contributed by atoms with van der Waals surface area (Å²) in [6.45, 7) is 4.05. The van der Waals surface area contributed by atoms with Crippen LogP contribution in [0, 0.1) is 12.8 Å². The van der Waals surface area contributed by atoms with E-state index in [1.165, 1.54) is 23.5 Å². The van der Waals surface area contributed by atoms with Crippen LogP contribution in [0.25, 0.3) is 17.1 Å². The number of nitrogens with two attached hydrogens (primary N) is 1. The third-order valence-corrected chi connectivity index (χ3v) is 6.36. The number of hydrogen-bond acceptors (Lipinski definition) is 8. The number of hydrogen-bond donors (Lipinski definition) is 3. The van der Waals surface area contributed by atoms with E-state index in [2.05, 4.69) is 30.1 Å². The predicted octanol–water partition coefficient (Wildman–Crippen LogP) is 0.616. The van der Waals surface area contributed by atoms with Crippen molar-refractivity contribution in [2.24, 2.45) is 5.92 Å². The smallest absolute Gasteiger partial charge is 0.240 e. The first kappa shape index (κ1) is 22.2. The van der Waals surface area contributed by atoms with E-state index in [1.807, 2.05) is 6.92 Å². The van der Waals surface area contributed by atoms with Gasteiger partial charge in [0.15, 0.2) is 11.6 Å². The van der Waals surface area contributed by atoms with E-state index in [4.69, 9.17) is 5.73 Å². The Labute approximate surface area is 181 Å². The molecule has 1 aromatic carbocycles. The van der Waals surface area contributed by atoms with Crippen molar-refractivity contribution in [2.75, 3.05) is 25.4 Å². The second kappa shape index (κ2) is 9.08. The summed E-state index contributed by atoms with van der Waals surface area (Å²) >= 11 is 0. The minimum Gasteiger partial charge on any atom is -0.381 e. The van der Waals surface area contributed by atoms with Crippen LogP contribution in [0.2, 0.25) is 0 Å². The highest BCUT2D eigenvalue weighted by Crippen LogP contribution is 2.26. The molecule has 0 spiro atoms. The Morgan fingerprint density at radius 2 is 2.20 bits per heavy atom. The first-order chi connectivity index (χ1) is 13.9. The number of anilines is 1. The summed E-state index contributed by atoms with van der Waals surface area (Å²) in [5, 5.41) is 7.27. The molecule has 0 amide bonds. The van der Waals surface area contributed by atoms with Gasteiger partial charge in [0.25, 0.3) is 0 Å². The largest absolute Gasteiger partial charge is 0.381 e.